The topological polar surface area (TPSA) is 251 Å². The second-order valence-electron chi connectivity index (χ2n) is 9.73. The molecule has 3 unspecified atom stereocenters. The number of carbonyl (C=O) groups excluding carboxylic acids is 3. The van der Waals surface area contributed by atoms with Gasteiger partial charge in [0, 0.05) is 30.1 Å². The molecule has 14 nitrogen and oxygen atoms in total. The number of amides is 3. The lowest BCUT2D eigenvalue weighted by Gasteiger charge is -2.21. The van der Waals surface area contributed by atoms with Crippen LogP contribution in [0.25, 0.3) is 10.9 Å². The molecule has 1 aromatic heterocycles. The number of carboxylic acids is 1. The van der Waals surface area contributed by atoms with E-state index in [1.165, 1.54) is 12.1 Å². The molecule has 2 aromatic carbocycles. The van der Waals surface area contributed by atoms with E-state index in [0.717, 1.165) is 16.5 Å². The predicted molar refractivity (Wildman–Crippen MR) is 156 cm³/mol. The number of aromatic amines is 1. The number of benzene rings is 2. The van der Waals surface area contributed by atoms with E-state index in [9.17, 15) is 29.4 Å². The average Bonchev–Trinajstić information content (AvgIpc) is 3.36. The molecule has 224 valence electrons. The first-order valence-electron chi connectivity index (χ1n) is 13.3. The lowest BCUT2D eigenvalue weighted by Crippen LogP contribution is -2.54. The molecule has 3 aromatic rings. The van der Waals surface area contributed by atoms with E-state index in [-0.39, 0.29) is 37.5 Å². The van der Waals surface area contributed by atoms with Crippen LogP contribution in [0.2, 0.25) is 0 Å². The molecule has 0 radical (unpaired) electrons. The lowest BCUT2D eigenvalue weighted by atomic mass is 10.0. The summed E-state index contributed by atoms with van der Waals surface area (Å²) in [6.45, 7) is -0.313. The van der Waals surface area contributed by atoms with Crippen molar-refractivity contribution in [1.82, 2.24) is 20.9 Å². The Kier molecular flexibility index (Phi) is 11.3. The van der Waals surface area contributed by atoms with Gasteiger partial charge in [-0.2, -0.15) is 0 Å². The molecule has 0 aliphatic rings. The van der Waals surface area contributed by atoms with Gasteiger partial charge >= 0.3 is 5.97 Å². The fraction of sp³-hybridized carbons (Fsp3) is 0.321. The number of nitrogens with zero attached hydrogens (tertiary/aromatic N) is 1. The number of guanidine groups is 1. The number of hydrogen-bond acceptors (Lipinski definition) is 7. The molecule has 12 N–H and O–H groups in total. The summed E-state index contributed by atoms with van der Waals surface area (Å²) < 4.78 is 0. The summed E-state index contributed by atoms with van der Waals surface area (Å²) in [7, 11) is 0. The Bertz CT molecular complexity index is 1420. The Hall–Kier alpha value is -5.11. The summed E-state index contributed by atoms with van der Waals surface area (Å²) in [5.74, 6) is -3.25. The van der Waals surface area contributed by atoms with Crippen LogP contribution in [-0.4, -0.2) is 76.1 Å². The maximum absolute atomic E-state index is 13.0. The number of fused-ring (bicyclic) bond motifs is 1. The van der Waals surface area contributed by atoms with Gasteiger partial charge in [0.2, 0.25) is 17.7 Å². The summed E-state index contributed by atoms with van der Waals surface area (Å²) in [6, 6.07) is 10.3. The van der Waals surface area contributed by atoms with Gasteiger partial charge in [-0.3, -0.25) is 19.4 Å². The Balaban J connectivity index is 1.58. The monoisotopic (exact) mass is 580 g/mol. The number of carbonyl (C=O) groups is 4. The highest BCUT2D eigenvalue weighted by Crippen LogP contribution is 2.19. The minimum absolute atomic E-state index is 0.0292. The van der Waals surface area contributed by atoms with Crippen LogP contribution < -0.4 is 33.2 Å². The second-order valence-corrected chi connectivity index (χ2v) is 9.73. The number of phenolic OH excluding ortho intramolecular Hbond substituents is 1. The molecule has 14 heteroatoms. The first-order valence-corrected chi connectivity index (χ1v) is 13.3. The number of nitrogens with two attached hydrogens (primary N) is 3. The van der Waals surface area contributed by atoms with Crippen molar-refractivity contribution in [3.63, 3.8) is 0 Å². The number of nitrogens with one attached hydrogen (secondary N) is 4. The molecule has 42 heavy (non-hydrogen) atoms. The van der Waals surface area contributed by atoms with E-state index in [0.29, 0.717) is 12.0 Å². The smallest absolute Gasteiger partial charge is 0.326 e. The fourth-order valence-corrected chi connectivity index (χ4v) is 4.29. The summed E-state index contributed by atoms with van der Waals surface area (Å²) in [5, 5.41) is 27.4. The number of carboxylic acid groups (broad SMARTS) is 1. The number of rotatable bonds is 15. The Morgan fingerprint density at radius 3 is 2.33 bits per heavy atom. The standard InChI is InChI=1S/C28H36N8O6/c29-20(12-16-7-9-18(37)10-8-16)25(39)36-22(6-3-11-32-28(30)31)26(40)34-15-24(38)35-23(27(41)42)13-17-14-33-21-5-2-1-4-19(17)21/h1-2,4-5,7-10,14,20,22-23,33,37H,3,6,11-13,15,29H2,(H,34,40)(H,35,38)(H,36,39)(H,41,42)(H4,30,31,32). The first-order chi connectivity index (χ1) is 20.0. The van der Waals surface area contributed by atoms with Gasteiger partial charge in [0.25, 0.3) is 0 Å². The molecule has 3 atom stereocenters. The van der Waals surface area contributed by atoms with Crippen LogP contribution in [0.4, 0.5) is 0 Å². The first kappa shape index (κ1) is 31.4. The molecular weight excluding hydrogens is 544 g/mol. The van der Waals surface area contributed by atoms with Crippen molar-refractivity contribution in [2.24, 2.45) is 22.2 Å². The highest BCUT2D eigenvalue weighted by molar-refractivity contribution is 5.93. The third-order valence-corrected chi connectivity index (χ3v) is 6.46. The van der Waals surface area contributed by atoms with Gasteiger partial charge < -0.3 is 48.3 Å². The molecule has 1 heterocycles. The SMILES string of the molecule is NC(N)=NCCCC(NC(=O)C(N)Cc1ccc(O)cc1)C(=O)NCC(=O)NC(Cc1c[nH]c2ccccc12)C(=O)O. The molecule has 0 aliphatic carbocycles. The molecule has 0 spiro atoms. The molecule has 0 aliphatic heterocycles. The zero-order valence-electron chi connectivity index (χ0n) is 22.9. The largest absolute Gasteiger partial charge is 0.508 e. The quantitative estimate of drug-likeness (QED) is 0.0619. The molecule has 3 amide bonds. The number of aliphatic carboxylic acids is 1. The van der Waals surface area contributed by atoms with Gasteiger partial charge in [0.1, 0.15) is 17.8 Å². The highest BCUT2D eigenvalue weighted by Gasteiger charge is 2.26. The van der Waals surface area contributed by atoms with Crippen LogP contribution in [0.5, 0.6) is 5.75 Å². The molecule has 0 bridgehead atoms. The molecule has 3 rings (SSSR count). The van der Waals surface area contributed by atoms with Gasteiger partial charge in [-0.25, -0.2) is 4.79 Å². The van der Waals surface area contributed by atoms with Crippen molar-refractivity contribution in [3.8, 4) is 5.75 Å². The minimum atomic E-state index is -1.23. The third-order valence-electron chi connectivity index (χ3n) is 6.46. The van der Waals surface area contributed by atoms with Crippen LogP contribution >= 0.6 is 0 Å². The Labute approximate surface area is 241 Å². The van der Waals surface area contributed by atoms with Gasteiger partial charge in [-0.1, -0.05) is 30.3 Å². The van der Waals surface area contributed by atoms with Crippen molar-refractivity contribution in [2.75, 3.05) is 13.1 Å². The van der Waals surface area contributed by atoms with Gasteiger partial charge in [-0.15, -0.1) is 0 Å². The van der Waals surface area contributed by atoms with Gasteiger partial charge in [0.15, 0.2) is 5.96 Å². The van der Waals surface area contributed by atoms with Gasteiger partial charge in [0.05, 0.1) is 12.6 Å². The average molecular weight is 581 g/mol. The van der Waals surface area contributed by atoms with E-state index in [1.807, 2.05) is 24.3 Å². The fourth-order valence-electron chi connectivity index (χ4n) is 4.29. The zero-order valence-corrected chi connectivity index (χ0v) is 22.9. The van der Waals surface area contributed by atoms with Crippen LogP contribution in [0.1, 0.15) is 24.0 Å². The number of para-hydroxylation sites is 1. The van der Waals surface area contributed by atoms with Gasteiger partial charge in [-0.05, 0) is 48.6 Å². The van der Waals surface area contributed by atoms with Crippen molar-refractivity contribution in [2.45, 2.75) is 43.8 Å². The van der Waals surface area contributed by atoms with Crippen LogP contribution in [0, 0.1) is 0 Å². The van der Waals surface area contributed by atoms with E-state index >= 15 is 0 Å². The maximum atomic E-state index is 13.0. The number of hydrogen-bond donors (Lipinski definition) is 9. The summed E-state index contributed by atoms with van der Waals surface area (Å²) in [5.41, 5.74) is 19.0. The van der Waals surface area contributed by atoms with E-state index < -0.39 is 48.4 Å². The van der Waals surface area contributed by atoms with E-state index in [4.69, 9.17) is 17.2 Å². The van der Waals surface area contributed by atoms with Crippen molar-refractivity contribution in [1.29, 1.82) is 0 Å². The van der Waals surface area contributed by atoms with Crippen LogP contribution in [0.15, 0.2) is 59.7 Å². The zero-order chi connectivity index (χ0) is 30.6. The van der Waals surface area contributed by atoms with E-state index in [1.54, 1.807) is 18.3 Å². The maximum Gasteiger partial charge on any atom is 0.326 e. The van der Waals surface area contributed by atoms with Crippen molar-refractivity contribution >= 4 is 40.6 Å². The minimum Gasteiger partial charge on any atom is -0.508 e. The molecule has 0 saturated carbocycles. The van der Waals surface area contributed by atoms with Crippen molar-refractivity contribution in [3.05, 3.63) is 65.9 Å². The number of aromatic hydroxyl groups is 1. The molecule has 0 fully saturated rings. The highest BCUT2D eigenvalue weighted by atomic mass is 16.4. The van der Waals surface area contributed by atoms with E-state index in [2.05, 4.69) is 25.9 Å². The third kappa shape index (κ3) is 9.52. The summed E-state index contributed by atoms with van der Waals surface area (Å²) in [4.78, 5) is 57.2. The van der Waals surface area contributed by atoms with Crippen molar-refractivity contribution < 1.29 is 29.4 Å². The normalized spacial score (nSPS) is 13.0. The van der Waals surface area contributed by atoms with Crippen LogP contribution in [-0.2, 0) is 32.0 Å². The predicted octanol–water partition coefficient (Wildman–Crippen LogP) is -0.790. The molecule has 0 saturated heterocycles. The number of aromatic nitrogens is 1. The second kappa shape index (κ2) is 15.0. The Morgan fingerprint density at radius 1 is 0.929 bits per heavy atom. The number of phenols is 1. The Morgan fingerprint density at radius 2 is 1.64 bits per heavy atom. The van der Waals surface area contributed by atoms with Crippen LogP contribution in [0.3, 0.4) is 0 Å². The summed E-state index contributed by atoms with van der Waals surface area (Å²) in [6.07, 6.45) is 2.35. The number of aliphatic imine (C=N–C) groups is 1. The lowest BCUT2D eigenvalue weighted by molar-refractivity contribution is -0.141. The number of H-pyrrole nitrogens is 1. The summed E-state index contributed by atoms with van der Waals surface area (Å²) >= 11 is 0. The molecular formula is C28H36N8O6.